The number of nitrogens with two attached hydrogens (primary N) is 1. The van der Waals surface area contributed by atoms with Gasteiger partial charge in [-0.15, -0.1) is 5.10 Å². The van der Waals surface area contributed by atoms with Gasteiger partial charge >= 0.3 is 0 Å². The van der Waals surface area contributed by atoms with E-state index < -0.39 is 0 Å². The molecule has 0 bridgehead atoms. The molecule has 1 aromatic heterocycles. The number of rotatable bonds is 1. The lowest BCUT2D eigenvalue weighted by atomic mass is 10.1. The summed E-state index contributed by atoms with van der Waals surface area (Å²) in [5.41, 5.74) is 9.24. The highest BCUT2D eigenvalue weighted by Crippen LogP contribution is 2.31. The van der Waals surface area contributed by atoms with E-state index in [0.717, 1.165) is 34.9 Å². The van der Waals surface area contributed by atoms with Crippen molar-refractivity contribution >= 4 is 28.8 Å². The maximum Gasteiger partial charge on any atom is 0.271 e. The van der Waals surface area contributed by atoms with Crippen molar-refractivity contribution in [3.05, 3.63) is 34.3 Å². The Kier molecular flexibility index (Phi) is 2.52. The number of fused-ring (bicyclic) bond motifs is 1. The standard InChI is InChI=1S/C12H12N4OS/c1-7-11(18-15-14-7)12(17)16-5-4-8-6-9(13)2-3-10(8)16/h2-3,6H,4-5,13H2,1H3. The molecule has 0 spiro atoms. The van der Waals surface area contributed by atoms with Crippen molar-refractivity contribution in [3.8, 4) is 0 Å². The van der Waals surface area contributed by atoms with Crippen LogP contribution in [0.4, 0.5) is 11.4 Å². The van der Waals surface area contributed by atoms with Gasteiger partial charge in [-0.25, -0.2) is 0 Å². The number of carbonyl (C=O) groups is 1. The van der Waals surface area contributed by atoms with Gasteiger partial charge < -0.3 is 10.6 Å². The van der Waals surface area contributed by atoms with Crippen LogP contribution in [0.5, 0.6) is 0 Å². The van der Waals surface area contributed by atoms with Gasteiger partial charge in [0.1, 0.15) is 4.88 Å². The molecule has 0 aliphatic carbocycles. The second-order valence-corrected chi connectivity index (χ2v) is 5.04. The van der Waals surface area contributed by atoms with Crippen LogP contribution >= 0.6 is 11.5 Å². The van der Waals surface area contributed by atoms with Gasteiger partial charge in [0, 0.05) is 17.9 Å². The molecule has 2 N–H and O–H groups in total. The summed E-state index contributed by atoms with van der Waals surface area (Å²) in [5.74, 6) is -0.0222. The van der Waals surface area contributed by atoms with Gasteiger partial charge in [0.2, 0.25) is 0 Å². The van der Waals surface area contributed by atoms with Crippen molar-refractivity contribution in [2.45, 2.75) is 13.3 Å². The summed E-state index contributed by atoms with van der Waals surface area (Å²) < 4.78 is 3.81. The Morgan fingerprint density at radius 1 is 1.50 bits per heavy atom. The van der Waals surface area contributed by atoms with E-state index in [1.807, 2.05) is 18.2 Å². The Hall–Kier alpha value is -1.95. The summed E-state index contributed by atoms with van der Waals surface area (Å²) in [6.45, 7) is 2.49. The highest BCUT2D eigenvalue weighted by Gasteiger charge is 2.27. The lowest BCUT2D eigenvalue weighted by Crippen LogP contribution is -2.28. The van der Waals surface area contributed by atoms with E-state index in [2.05, 4.69) is 9.59 Å². The quantitative estimate of drug-likeness (QED) is 0.791. The van der Waals surface area contributed by atoms with Crippen LogP contribution in [-0.4, -0.2) is 22.0 Å². The average Bonchev–Trinajstić information content (AvgIpc) is 2.94. The van der Waals surface area contributed by atoms with Crippen molar-refractivity contribution in [1.29, 1.82) is 0 Å². The largest absolute Gasteiger partial charge is 0.399 e. The van der Waals surface area contributed by atoms with Crippen molar-refractivity contribution in [1.82, 2.24) is 9.59 Å². The first-order valence-electron chi connectivity index (χ1n) is 5.66. The average molecular weight is 260 g/mol. The summed E-state index contributed by atoms with van der Waals surface area (Å²) in [6, 6.07) is 5.65. The van der Waals surface area contributed by atoms with Gasteiger partial charge in [0.25, 0.3) is 5.91 Å². The minimum atomic E-state index is -0.0222. The zero-order chi connectivity index (χ0) is 12.7. The van der Waals surface area contributed by atoms with Gasteiger partial charge in [-0.05, 0) is 48.6 Å². The number of aromatic nitrogens is 2. The van der Waals surface area contributed by atoms with E-state index in [9.17, 15) is 4.79 Å². The van der Waals surface area contributed by atoms with E-state index in [0.29, 0.717) is 17.1 Å². The van der Waals surface area contributed by atoms with E-state index >= 15 is 0 Å². The minimum absolute atomic E-state index is 0.0222. The Morgan fingerprint density at radius 2 is 2.33 bits per heavy atom. The molecule has 1 aliphatic heterocycles. The van der Waals surface area contributed by atoms with Crippen LogP contribution in [0.3, 0.4) is 0 Å². The van der Waals surface area contributed by atoms with Crippen LogP contribution in [0.2, 0.25) is 0 Å². The van der Waals surface area contributed by atoms with Crippen molar-refractivity contribution in [2.24, 2.45) is 0 Å². The first-order chi connectivity index (χ1) is 8.66. The number of amides is 1. The molecule has 2 aromatic rings. The number of hydrogen-bond donors (Lipinski definition) is 1. The molecular formula is C12H12N4OS. The first-order valence-corrected chi connectivity index (χ1v) is 6.43. The molecule has 92 valence electrons. The lowest BCUT2D eigenvalue weighted by molar-refractivity contribution is 0.0992. The third-order valence-corrected chi connectivity index (χ3v) is 3.91. The first kappa shape index (κ1) is 11.2. The number of aryl methyl sites for hydroxylation is 1. The van der Waals surface area contributed by atoms with Crippen LogP contribution in [0.15, 0.2) is 18.2 Å². The Morgan fingerprint density at radius 3 is 3.06 bits per heavy atom. The van der Waals surface area contributed by atoms with Crippen LogP contribution in [0.1, 0.15) is 20.9 Å². The zero-order valence-corrected chi connectivity index (χ0v) is 10.7. The molecular weight excluding hydrogens is 248 g/mol. The fourth-order valence-electron chi connectivity index (χ4n) is 2.18. The lowest BCUT2D eigenvalue weighted by Gasteiger charge is -2.16. The molecule has 0 saturated heterocycles. The summed E-state index contributed by atoms with van der Waals surface area (Å²) >= 11 is 1.15. The molecule has 0 radical (unpaired) electrons. The third kappa shape index (κ3) is 1.65. The molecule has 2 heterocycles. The zero-order valence-electron chi connectivity index (χ0n) is 9.88. The van der Waals surface area contributed by atoms with Gasteiger partial charge in [-0.1, -0.05) is 4.49 Å². The SMILES string of the molecule is Cc1nnsc1C(=O)N1CCc2cc(N)ccc21. The number of benzene rings is 1. The summed E-state index contributed by atoms with van der Waals surface area (Å²) in [7, 11) is 0. The van der Waals surface area contributed by atoms with Gasteiger partial charge in [0.15, 0.2) is 0 Å². The molecule has 0 unspecified atom stereocenters. The molecule has 1 aliphatic rings. The molecule has 0 fully saturated rings. The van der Waals surface area contributed by atoms with E-state index in [1.54, 1.807) is 11.8 Å². The molecule has 5 nitrogen and oxygen atoms in total. The van der Waals surface area contributed by atoms with Gasteiger partial charge in [-0.2, -0.15) is 0 Å². The summed E-state index contributed by atoms with van der Waals surface area (Å²) in [5, 5.41) is 3.88. The smallest absolute Gasteiger partial charge is 0.271 e. The van der Waals surface area contributed by atoms with Gasteiger partial charge in [-0.3, -0.25) is 4.79 Å². The van der Waals surface area contributed by atoms with Crippen LogP contribution in [-0.2, 0) is 6.42 Å². The molecule has 1 aromatic carbocycles. The maximum absolute atomic E-state index is 12.4. The molecule has 6 heteroatoms. The summed E-state index contributed by atoms with van der Waals surface area (Å²) in [6.07, 6.45) is 0.845. The van der Waals surface area contributed by atoms with Crippen molar-refractivity contribution < 1.29 is 4.79 Å². The molecule has 0 saturated carbocycles. The van der Waals surface area contributed by atoms with Crippen LogP contribution < -0.4 is 10.6 Å². The number of nitrogen functional groups attached to an aromatic ring is 1. The molecule has 18 heavy (non-hydrogen) atoms. The highest BCUT2D eigenvalue weighted by atomic mass is 32.1. The predicted molar refractivity (Wildman–Crippen MR) is 70.9 cm³/mol. The molecule has 3 rings (SSSR count). The molecule has 1 amide bonds. The number of hydrogen-bond acceptors (Lipinski definition) is 5. The molecule has 0 atom stereocenters. The van der Waals surface area contributed by atoms with E-state index in [1.165, 1.54) is 0 Å². The topological polar surface area (TPSA) is 72.1 Å². The Balaban J connectivity index is 1.98. The fourth-order valence-corrected chi connectivity index (χ4v) is 2.79. The predicted octanol–water partition coefficient (Wildman–Crippen LogP) is 1.63. The third-order valence-electron chi connectivity index (χ3n) is 3.09. The fraction of sp³-hybridized carbons (Fsp3) is 0.250. The monoisotopic (exact) mass is 260 g/mol. The Bertz CT molecular complexity index is 622. The maximum atomic E-state index is 12.4. The number of carbonyl (C=O) groups excluding carboxylic acids is 1. The van der Waals surface area contributed by atoms with Gasteiger partial charge in [0.05, 0.1) is 5.69 Å². The second kappa shape index (κ2) is 4.06. The van der Waals surface area contributed by atoms with Crippen molar-refractivity contribution in [3.63, 3.8) is 0 Å². The van der Waals surface area contributed by atoms with Crippen molar-refractivity contribution in [2.75, 3.05) is 17.2 Å². The highest BCUT2D eigenvalue weighted by molar-refractivity contribution is 7.08. The summed E-state index contributed by atoms with van der Waals surface area (Å²) in [4.78, 5) is 14.8. The van der Waals surface area contributed by atoms with Crippen LogP contribution in [0, 0.1) is 6.92 Å². The van der Waals surface area contributed by atoms with Crippen LogP contribution in [0.25, 0.3) is 0 Å². The number of nitrogens with zero attached hydrogens (tertiary/aromatic N) is 3. The number of anilines is 2. The minimum Gasteiger partial charge on any atom is -0.399 e. The van der Waals surface area contributed by atoms with E-state index in [4.69, 9.17) is 5.73 Å². The van der Waals surface area contributed by atoms with E-state index in [-0.39, 0.29) is 5.91 Å². The Labute approximate surface area is 108 Å². The second-order valence-electron chi connectivity index (χ2n) is 4.28. The normalized spacial score (nSPS) is 13.7.